The van der Waals surface area contributed by atoms with Crippen molar-refractivity contribution in [1.82, 2.24) is 10.2 Å². The molecule has 0 aliphatic rings. The number of aliphatic hydroxyl groups excluding tert-OH is 1. The highest BCUT2D eigenvalue weighted by atomic mass is 35.5. The molecule has 0 fully saturated rings. The summed E-state index contributed by atoms with van der Waals surface area (Å²) in [4.78, 5) is 12.0. The van der Waals surface area contributed by atoms with Crippen LogP contribution in [0.25, 0.3) is 0 Å². The van der Waals surface area contributed by atoms with Gasteiger partial charge in [-0.2, -0.15) is 10.2 Å². The minimum Gasteiger partial charge on any atom is -0.384 e. The van der Waals surface area contributed by atoms with Gasteiger partial charge < -0.3 is 10.4 Å². The molecule has 5 nitrogen and oxygen atoms in total. The Balaban J connectivity index is 2.22. The van der Waals surface area contributed by atoms with Crippen LogP contribution in [-0.2, 0) is 0 Å². The minimum absolute atomic E-state index is 0.229. The molecule has 2 rings (SSSR count). The monoisotopic (exact) mass is 287 g/mol. The highest BCUT2D eigenvalue weighted by Crippen LogP contribution is 2.23. The number of anilines is 1. The van der Waals surface area contributed by atoms with E-state index in [4.69, 9.17) is 16.7 Å². The second-order valence-electron chi connectivity index (χ2n) is 3.74. The highest BCUT2D eigenvalue weighted by molar-refractivity contribution is 6.34. The zero-order chi connectivity index (χ0) is 14.4. The summed E-state index contributed by atoms with van der Waals surface area (Å²) in [5.41, 5.74) is 1.47. The van der Waals surface area contributed by atoms with Gasteiger partial charge in [-0.05, 0) is 24.3 Å². The van der Waals surface area contributed by atoms with Crippen LogP contribution in [0, 0.1) is 11.8 Å². The number of aromatic nitrogens is 2. The van der Waals surface area contributed by atoms with Gasteiger partial charge in [0.2, 0.25) is 0 Å². The normalized spacial score (nSPS) is 9.50. The molecule has 20 heavy (non-hydrogen) atoms. The zero-order valence-electron chi connectivity index (χ0n) is 10.3. The van der Waals surface area contributed by atoms with Crippen LogP contribution in [0.4, 0.5) is 5.69 Å². The molecule has 1 heterocycles. The minimum atomic E-state index is -0.339. The van der Waals surface area contributed by atoms with Gasteiger partial charge in [0.1, 0.15) is 6.61 Å². The third-order valence-corrected chi connectivity index (χ3v) is 2.70. The second-order valence-corrected chi connectivity index (χ2v) is 4.15. The summed E-state index contributed by atoms with van der Waals surface area (Å²) in [5.74, 6) is 4.93. The Morgan fingerprint density at radius 2 is 2.20 bits per heavy atom. The van der Waals surface area contributed by atoms with E-state index < -0.39 is 0 Å². The van der Waals surface area contributed by atoms with Gasteiger partial charge in [0.25, 0.3) is 5.91 Å². The topological polar surface area (TPSA) is 75.1 Å². The largest absolute Gasteiger partial charge is 0.384 e. The summed E-state index contributed by atoms with van der Waals surface area (Å²) < 4.78 is 0. The molecule has 1 aromatic heterocycles. The predicted octanol–water partition coefficient (Wildman–Crippen LogP) is 1.73. The summed E-state index contributed by atoms with van der Waals surface area (Å²) in [6, 6.07) is 6.52. The number of carbonyl (C=O) groups excluding carboxylic acids is 1. The Bertz CT molecular complexity index is 678. The number of aliphatic hydroxyl groups is 1. The predicted molar refractivity (Wildman–Crippen MR) is 75.4 cm³/mol. The van der Waals surface area contributed by atoms with Gasteiger partial charge in [0, 0.05) is 5.56 Å². The van der Waals surface area contributed by atoms with Crippen molar-refractivity contribution in [2.24, 2.45) is 0 Å². The van der Waals surface area contributed by atoms with E-state index in [-0.39, 0.29) is 12.5 Å². The maximum atomic E-state index is 12.0. The Kier molecular flexibility index (Phi) is 4.66. The number of hydrogen-bond acceptors (Lipinski definition) is 4. The summed E-state index contributed by atoms with van der Waals surface area (Å²) >= 11 is 6.02. The number of nitrogens with zero attached hydrogens (tertiary/aromatic N) is 2. The lowest BCUT2D eigenvalue weighted by Crippen LogP contribution is -2.12. The summed E-state index contributed by atoms with van der Waals surface area (Å²) in [6.45, 7) is -0.229. The van der Waals surface area contributed by atoms with Gasteiger partial charge in [-0.25, -0.2) is 0 Å². The van der Waals surface area contributed by atoms with Crippen LogP contribution in [0.15, 0.2) is 36.7 Å². The van der Waals surface area contributed by atoms with Crippen LogP contribution in [0.1, 0.15) is 15.9 Å². The van der Waals surface area contributed by atoms with Gasteiger partial charge in [-0.15, -0.1) is 0 Å². The van der Waals surface area contributed by atoms with Crippen molar-refractivity contribution in [2.75, 3.05) is 11.9 Å². The molecule has 2 aromatic rings. The first-order valence-electron chi connectivity index (χ1n) is 5.68. The van der Waals surface area contributed by atoms with E-state index in [9.17, 15) is 4.79 Å². The number of carbonyl (C=O) groups is 1. The van der Waals surface area contributed by atoms with E-state index in [0.717, 1.165) is 0 Å². The number of hydrogen-bond donors (Lipinski definition) is 2. The van der Waals surface area contributed by atoms with Crippen molar-refractivity contribution in [1.29, 1.82) is 0 Å². The van der Waals surface area contributed by atoms with Crippen molar-refractivity contribution in [3.8, 4) is 11.8 Å². The lowest BCUT2D eigenvalue weighted by atomic mass is 10.2. The smallest absolute Gasteiger partial charge is 0.257 e. The first-order chi connectivity index (χ1) is 9.70. The van der Waals surface area contributed by atoms with Crippen molar-refractivity contribution in [2.45, 2.75) is 0 Å². The van der Waals surface area contributed by atoms with Crippen molar-refractivity contribution in [3.63, 3.8) is 0 Å². The third kappa shape index (κ3) is 3.54. The maximum absolute atomic E-state index is 12.0. The third-order valence-electron chi connectivity index (χ3n) is 2.37. The van der Waals surface area contributed by atoms with Crippen molar-refractivity contribution in [3.05, 3.63) is 52.8 Å². The van der Waals surface area contributed by atoms with E-state index in [1.165, 1.54) is 12.4 Å². The number of amides is 1. The first-order valence-corrected chi connectivity index (χ1v) is 6.06. The van der Waals surface area contributed by atoms with E-state index >= 15 is 0 Å². The SMILES string of the molecule is O=C(Nc1cc(C#CCO)ccc1Cl)c1ccnnc1. The molecule has 100 valence electrons. The molecule has 0 saturated carbocycles. The number of halogens is 1. The molecule has 0 radical (unpaired) electrons. The molecule has 0 unspecified atom stereocenters. The summed E-state index contributed by atoms with van der Waals surface area (Å²) in [6.07, 6.45) is 2.79. The van der Waals surface area contributed by atoms with Crippen molar-refractivity contribution >= 4 is 23.2 Å². The Morgan fingerprint density at radius 3 is 2.90 bits per heavy atom. The molecule has 1 amide bonds. The number of rotatable bonds is 2. The first kappa shape index (κ1) is 14.0. The van der Waals surface area contributed by atoms with Gasteiger partial charge in [0.05, 0.1) is 28.7 Å². The van der Waals surface area contributed by atoms with Crippen LogP contribution in [0.5, 0.6) is 0 Å². The van der Waals surface area contributed by atoms with E-state index in [1.54, 1.807) is 24.3 Å². The maximum Gasteiger partial charge on any atom is 0.257 e. The van der Waals surface area contributed by atoms with Gasteiger partial charge in [-0.3, -0.25) is 4.79 Å². The van der Waals surface area contributed by atoms with Crippen LogP contribution < -0.4 is 5.32 Å². The fraction of sp³-hybridized carbons (Fsp3) is 0.0714. The molecule has 6 heteroatoms. The van der Waals surface area contributed by atoms with Crippen LogP contribution in [-0.4, -0.2) is 27.8 Å². The van der Waals surface area contributed by atoms with E-state index in [0.29, 0.717) is 21.8 Å². The van der Waals surface area contributed by atoms with Gasteiger partial charge >= 0.3 is 0 Å². The molecule has 0 spiro atoms. The second kappa shape index (κ2) is 6.66. The van der Waals surface area contributed by atoms with Gasteiger partial charge in [-0.1, -0.05) is 23.4 Å². The van der Waals surface area contributed by atoms with E-state index in [2.05, 4.69) is 27.4 Å². The molecule has 0 saturated heterocycles. The average molecular weight is 288 g/mol. The lowest BCUT2D eigenvalue weighted by molar-refractivity contribution is 0.102. The standard InChI is InChI=1S/C14H10ClN3O2/c15-12-4-3-10(2-1-7-19)8-13(12)18-14(20)11-5-6-16-17-9-11/h3-6,8-9,19H,7H2,(H,18,20). The number of benzene rings is 1. The molecule has 2 N–H and O–H groups in total. The molecular weight excluding hydrogens is 278 g/mol. The Morgan fingerprint density at radius 1 is 1.35 bits per heavy atom. The summed E-state index contributed by atoms with van der Waals surface area (Å²) in [5, 5.41) is 19.0. The van der Waals surface area contributed by atoms with Crippen LogP contribution in [0.2, 0.25) is 5.02 Å². The van der Waals surface area contributed by atoms with Gasteiger partial charge in [0.15, 0.2) is 0 Å². The molecular formula is C14H10ClN3O2. The Hall–Kier alpha value is -2.42. The molecule has 0 aliphatic heterocycles. The summed E-state index contributed by atoms with van der Waals surface area (Å²) in [7, 11) is 0. The average Bonchev–Trinajstić information content (AvgIpc) is 2.49. The molecule has 0 bridgehead atoms. The highest BCUT2D eigenvalue weighted by Gasteiger charge is 2.09. The zero-order valence-corrected chi connectivity index (χ0v) is 11.1. The lowest BCUT2D eigenvalue weighted by Gasteiger charge is -2.07. The van der Waals surface area contributed by atoms with Crippen molar-refractivity contribution < 1.29 is 9.90 Å². The fourth-order valence-electron chi connectivity index (χ4n) is 1.46. The van der Waals surface area contributed by atoms with Crippen LogP contribution >= 0.6 is 11.6 Å². The van der Waals surface area contributed by atoms with E-state index in [1.807, 2.05) is 0 Å². The molecule has 0 atom stereocenters. The molecule has 1 aromatic carbocycles. The number of nitrogens with one attached hydrogen (secondary N) is 1. The fourth-order valence-corrected chi connectivity index (χ4v) is 1.62. The Labute approximate surface area is 120 Å². The quantitative estimate of drug-likeness (QED) is 0.825. The molecule has 0 aliphatic carbocycles. The van der Waals surface area contributed by atoms with Crippen LogP contribution in [0.3, 0.4) is 0 Å².